The Hall–Kier alpha value is -1.04. The summed E-state index contributed by atoms with van der Waals surface area (Å²) >= 11 is 2.02. The maximum Gasteiger partial charge on any atom is 0.224 e. The second kappa shape index (κ2) is 9.06. The predicted octanol–water partition coefficient (Wildman–Crippen LogP) is 3.47. The molecule has 1 aromatic rings. The SMILES string of the molecule is NCC1(CC(=O)Nc2ccccc2CN2CCSCC2)CCCCC1. The third kappa shape index (κ3) is 5.22. The van der Waals surface area contributed by atoms with Crippen LogP contribution in [0.3, 0.4) is 0 Å². The van der Waals surface area contributed by atoms with Crippen molar-refractivity contribution >= 4 is 23.4 Å². The molecule has 2 aliphatic rings. The van der Waals surface area contributed by atoms with Gasteiger partial charge in [-0.1, -0.05) is 37.5 Å². The van der Waals surface area contributed by atoms with Gasteiger partial charge in [0.1, 0.15) is 0 Å². The number of nitrogens with one attached hydrogen (secondary N) is 1. The number of nitrogens with two attached hydrogens (primary N) is 1. The Kier molecular flexibility index (Phi) is 6.79. The van der Waals surface area contributed by atoms with E-state index < -0.39 is 0 Å². The molecule has 2 fully saturated rings. The minimum absolute atomic E-state index is 0.0152. The van der Waals surface area contributed by atoms with E-state index in [-0.39, 0.29) is 11.3 Å². The number of carbonyl (C=O) groups excluding carboxylic acids is 1. The topological polar surface area (TPSA) is 58.4 Å². The molecule has 0 radical (unpaired) electrons. The van der Waals surface area contributed by atoms with Crippen LogP contribution >= 0.6 is 11.8 Å². The average molecular weight is 362 g/mol. The molecule has 25 heavy (non-hydrogen) atoms. The Labute approximate surface area is 155 Å². The van der Waals surface area contributed by atoms with Crippen molar-refractivity contribution in [1.29, 1.82) is 0 Å². The first-order valence-corrected chi connectivity index (χ1v) is 10.7. The van der Waals surface area contributed by atoms with Crippen LogP contribution in [0.1, 0.15) is 44.1 Å². The van der Waals surface area contributed by atoms with E-state index in [0.29, 0.717) is 13.0 Å². The second-order valence-electron chi connectivity index (χ2n) is 7.54. The first-order chi connectivity index (χ1) is 12.2. The van der Waals surface area contributed by atoms with E-state index in [9.17, 15) is 4.79 Å². The summed E-state index contributed by atoms with van der Waals surface area (Å²) in [6.45, 7) is 3.79. The maximum atomic E-state index is 12.7. The van der Waals surface area contributed by atoms with Crippen LogP contribution in [0, 0.1) is 5.41 Å². The molecule has 0 bridgehead atoms. The highest BCUT2D eigenvalue weighted by Gasteiger charge is 2.33. The molecule has 138 valence electrons. The zero-order valence-electron chi connectivity index (χ0n) is 15.1. The van der Waals surface area contributed by atoms with Crippen molar-refractivity contribution in [2.75, 3.05) is 36.5 Å². The molecule has 3 rings (SSSR count). The zero-order valence-corrected chi connectivity index (χ0v) is 16.0. The standard InChI is InChI=1S/C20H31N3OS/c21-16-20(8-4-1-5-9-20)14-19(24)22-18-7-3-2-6-17(18)15-23-10-12-25-13-11-23/h2-3,6-7H,1,4-5,8-16,21H2,(H,22,24). The summed E-state index contributed by atoms with van der Waals surface area (Å²) in [6, 6.07) is 8.23. The van der Waals surface area contributed by atoms with Gasteiger partial charge in [-0.05, 0) is 36.4 Å². The van der Waals surface area contributed by atoms with Gasteiger partial charge in [-0.15, -0.1) is 0 Å². The minimum atomic E-state index is 0.0152. The minimum Gasteiger partial charge on any atom is -0.330 e. The predicted molar refractivity (Wildman–Crippen MR) is 107 cm³/mol. The monoisotopic (exact) mass is 361 g/mol. The second-order valence-corrected chi connectivity index (χ2v) is 8.76. The number of carbonyl (C=O) groups is 1. The third-order valence-corrected chi connectivity index (χ3v) is 6.61. The van der Waals surface area contributed by atoms with Gasteiger partial charge in [0.05, 0.1) is 0 Å². The molecule has 0 unspecified atom stereocenters. The summed E-state index contributed by atoms with van der Waals surface area (Å²) in [4.78, 5) is 15.2. The van der Waals surface area contributed by atoms with Crippen LogP contribution in [0.5, 0.6) is 0 Å². The van der Waals surface area contributed by atoms with Crippen molar-refractivity contribution in [3.05, 3.63) is 29.8 Å². The molecular formula is C20H31N3OS. The summed E-state index contributed by atoms with van der Waals surface area (Å²) in [5.74, 6) is 2.52. The van der Waals surface area contributed by atoms with Crippen molar-refractivity contribution in [2.45, 2.75) is 45.1 Å². The van der Waals surface area contributed by atoms with Gasteiger partial charge in [-0.3, -0.25) is 9.69 Å². The van der Waals surface area contributed by atoms with Gasteiger partial charge < -0.3 is 11.1 Å². The van der Waals surface area contributed by atoms with E-state index in [4.69, 9.17) is 5.73 Å². The molecule has 1 aromatic carbocycles. The molecule has 1 saturated heterocycles. The number of thioether (sulfide) groups is 1. The number of rotatable bonds is 6. The van der Waals surface area contributed by atoms with E-state index in [1.165, 1.54) is 36.3 Å². The number of hydrogen-bond acceptors (Lipinski definition) is 4. The lowest BCUT2D eigenvalue weighted by molar-refractivity contribution is -0.118. The summed E-state index contributed by atoms with van der Waals surface area (Å²) in [5, 5.41) is 3.18. The van der Waals surface area contributed by atoms with Crippen LogP contribution < -0.4 is 11.1 Å². The molecular weight excluding hydrogens is 330 g/mol. The van der Waals surface area contributed by atoms with Crippen molar-refractivity contribution in [2.24, 2.45) is 11.1 Å². The highest BCUT2D eigenvalue weighted by atomic mass is 32.2. The number of anilines is 1. The smallest absolute Gasteiger partial charge is 0.224 e. The maximum absolute atomic E-state index is 12.7. The number of para-hydroxylation sites is 1. The number of nitrogens with zero attached hydrogens (tertiary/aromatic N) is 1. The fourth-order valence-electron chi connectivity index (χ4n) is 4.07. The Morgan fingerprint density at radius 2 is 1.88 bits per heavy atom. The summed E-state index contributed by atoms with van der Waals surface area (Å²) in [6.07, 6.45) is 6.41. The van der Waals surface area contributed by atoms with Gasteiger partial charge >= 0.3 is 0 Å². The van der Waals surface area contributed by atoms with Crippen molar-refractivity contribution in [3.63, 3.8) is 0 Å². The van der Waals surface area contributed by atoms with Gasteiger partial charge in [-0.25, -0.2) is 0 Å². The van der Waals surface area contributed by atoms with Crippen LogP contribution in [-0.2, 0) is 11.3 Å². The molecule has 0 aromatic heterocycles. The van der Waals surface area contributed by atoms with E-state index in [1.807, 2.05) is 23.9 Å². The molecule has 5 heteroatoms. The van der Waals surface area contributed by atoms with Crippen LogP contribution in [0.2, 0.25) is 0 Å². The number of hydrogen-bond donors (Lipinski definition) is 2. The quantitative estimate of drug-likeness (QED) is 0.814. The van der Waals surface area contributed by atoms with E-state index in [0.717, 1.165) is 38.2 Å². The molecule has 0 spiro atoms. The Bertz CT molecular complexity index is 566. The summed E-state index contributed by atoms with van der Waals surface area (Å²) in [7, 11) is 0. The largest absolute Gasteiger partial charge is 0.330 e. The van der Waals surface area contributed by atoms with Crippen LogP contribution in [-0.4, -0.2) is 41.9 Å². The van der Waals surface area contributed by atoms with Crippen LogP contribution in [0.15, 0.2) is 24.3 Å². The fraction of sp³-hybridized carbons (Fsp3) is 0.650. The Balaban J connectivity index is 1.62. The van der Waals surface area contributed by atoms with E-state index in [2.05, 4.69) is 22.3 Å². The van der Waals surface area contributed by atoms with Gasteiger partial charge in [0, 0.05) is 43.2 Å². The van der Waals surface area contributed by atoms with Gasteiger partial charge in [0.2, 0.25) is 5.91 Å². The molecule has 3 N–H and O–H groups in total. The summed E-state index contributed by atoms with van der Waals surface area (Å²) in [5.41, 5.74) is 8.24. The van der Waals surface area contributed by atoms with Gasteiger partial charge in [-0.2, -0.15) is 11.8 Å². The third-order valence-electron chi connectivity index (χ3n) is 5.67. The van der Waals surface area contributed by atoms with E-state index >= 15 is 0 Å². The molecule has 4 nitrogen and oxygen atoms in total. The zero-order chi connectivity index (χ0) is 17.5. The molecule has 0 atom stereocenters. The lowest BCUT2D eigenvalue weighted by Gasteiger charge is -2.35. The molecule has 1 heterocycles. The highest BCUT2D eigenvalue weighted by molar-refractivity contribution is 7.99. The Morgan fingerprint density at radius 3 is 2.60 bits per heavy atom. The normalized spacial score (nSPS) is 21.0. The Morgan fingerprint density at radius 1 is 1.16 bits per heavy atom. The first kappa shape index (κ1) is 18.7. The lowest BCUT2D eigenvalue weighted by Crippen LogP contribution is -2.36. The first-order valence-electron chi connectivity index (χ1n) is 9.59. The highest BCUT2D eigenvalue weighted by Crippen LogP contribution is 2.38. The van der Waals surface area contributed by atoms with Crippen molar-refractivity contribution in [1.82, 2.24) is 4.90 Å². The number of amides is 1. The van der Waals surface area contributed by atoms with Gasteiger partial charge in [0.25, 0.3) is 0 Å². The lowest BCUT2D eigenvalue weighted by atomic mass is 9.71. The van der Waals surface area contributed by atoms with Crippen LogP contribution in [0.25, 0.3) is 0 Å². The average Bonchev–Trinajstić information content (AvgIpc) is 2.65. The fourth-order valence-corrected chi connectivity index (χ4v) is 5.05. The van der Waals surface area contributed by atoms with E-state index in [1.54, 1.807) is 0 Å². The van der Waals surface area contributed by atoms with Crippen LogP contribution in [0.4, 0.5) is 5.69 Å². The molecule has 1 aliphatic heterocycles. The summed E-state index contributed by atoms with van der Waals surface area (Å²) < 4.78 is 0. The molecule has 1 saturated carbocycles. The molecule has 1 amide bonds. The van der Waals surface area contributed by atoms with Crippen molar-refractivity contribution < 1.29 is 4.79 Å². The molecule has 1 aliphatic carbocycles. The van der Waals surface area contributed by atoms with Crippen molar-refractivity contribution in [3.8, 4) is 0 Å². The van der Waals surface area contributed by atoms with Gasteiger partial charge in [0.15, 0.2) is 0 Å². The number of benzene rings is 1.